The topological polar surface area (TPSA) is 9.23 Å². The van der Waals surface area contributed by atoms with Gasteiger partial charge in [-0.15, -0.1) is 0 Å². The number of methoxy groups -OCH3 is 1. The molecule has 0 N–H and O–H groups in total. The van der Waals surface area contributed by atoms with E-state index >= 15 is 0 Å². The predicted molar refractivity (Wildman–Crippen MR) is 58.8 cm³/mol. The van der Waals surface area contributed by atoms with E-state index in [1.807, 2.05) is 29.3 Å². The lowest BCUT2D eigenvalue weighted by Gasteiger charge is -2.00. The smallest absolute Gasteiger partial charge is 0.118 e. The number of benzene rings is 1. The number of rotatable bonds is 2. The highest BCUT2D eigenvalue weighted by atomic mass is 79.9. The molecule has 1 rings (SSSR count). The van der Waals surface area contributed by atoms with Crippen molar-refractivity contribution in [1.29, 1.82) is 0 Å². The Balaban J connectivity index is 2.92. The molecule has 0 saturated heterocycles. The molecule has 1 nitrogen and oxygen atoms in total. The van der Waals surface area contributed by atoms with Gasteiger partial charge in [0.15, 0.2) is 0 Å². The van der Waals surface area contributed by atoms with E-state index in [1.165, 1.54) is 0 Å². The van der Waals surface area contributed by atoms with Gasteiger partial charge >= 0.3 is 0 Å². The van der Waals surface area contributed by atoms with Crippen LogP contribution in [0.3, 0.4) is 0 Å². The molecule has 0 atom stereocenters. The highest BCUT2D eigenvalue weighted by Gasteiger charge is 1.96. The number of halogens is 2. The van der Waals surface area contributed by atoms with E-state index in [9.17, 15) is 0 Å². The minimum atomic E-state index is 0.869. The van der Waals surface area contributed by atoms with Gasteiger partial charge in [-0.1, -0.05) is 28.1 Å². The van der Waals surface area contributed by atoms with Gasteiger partial charge in [0.1, 0.15) is 5.75 Å². The largest absolute Gasteiger partial charge is 0.497 e. The summed E-state index contributed by atoms with van der Waals surface area (Å²) in [5.41, 5.74) is 1.12. The minimum absolute atomic E-state index is 0.869. The monoisotopic (exact) mass is 290 g/mol. The maximum Gasteiger partial charge on any atom is 0.118 e. The fourth-order valence-electron chi connectivity index (χ4n) is 0.813. The van der Waals surface area contributed by atoms with Crippen LogP contribution >= 0.6 is 31.9 Å². The van der Waals surface area contributed by atoms with E-state index in [0.717, 1.165) is 15.8 Å². The summed E-state index contributed by atoms with van der Waals surface area (Å²) in [6, 6.07) is 7.82. The van der Waals surface area contributed by atoms with Gasteiger partial charge in [0.25, 0.3) is 0 Å². The van der Waals surface area contributed by atoms with Gasteiger partial charge < -0.3 is 4.74 Å². The Morgan fingerprint density at radius 1 is 1.33 bits per heavy atom. The molecule has 0 aliphatic rings. The normalized spacial score (nSPS) is 11.4. The van der Waals surface area contributed by atoms with E-state index in [1.54, 1.807) is 7.11 Å². The average Bonchev–Trinajstić information content (AvgIpc) is 2.17. The lowest BCUT2D eigenvalue weighted by Crippen LogP contribution is -1.82. The van der Waals surface area contributed by atoms with Crippen LogP contribution < -0.4 is 4.74 Å². The van der Waals surface area contributed by atoms with Gasteiger partial charge in [-0.05, 0) is 38.6 Å². The third-order valence-corrected chi connectivity index (χ3v) is 3.22. The van der Waals surface area contributed by atoms with Crippen LogP contribution in [0, 0.1) is 0 Å². The molecule has 0 spiro atoms. The molecule has 0 amide bonds. The summed E-state index contributed by atoms with van der Waals surface area (Å²) >= 11 is 6.65. The number of hydrogen-bond donors (Lipinski definition) is 0. The van der Waals surface area contributed by atoms with Crippen molar-refractivity contribution in [3.8, 4) is 5.75 Å². The summed E-state index contributed by atoms with van der Waals surface area (Å²) in [6.07, 6.45) is 0. The first-order valence-electron chi connectivity index (χ1n) is 3.38. The molecule has 12 heavy (non-hydrogen) atoms. The van der Waals surface area contributed by atoms with Crippen LogP contribution in [0.2, 0.25) is 0 Å². The van der Waals surface area contributed by atoms with Gasteiger partial charge in [0.2, 0.25) is 0 Å². The Labute approximate surface area is 88.7 Å². The van der Waals surface area contributed by atoms with Crippen molar-refractivity contribution in [1.82, 2.24) is 0 Å². The molecule has 0 aliphatic heterocycles. The molecule has 0 fully saturated rings. The second-order valence-electron chi connectivity index (χ2n) is 2.19. The molecule has 0 radical (unpaired) electrons. The highest BCUT2D eigenvalue weighted by molar-refractivity contribution is 9.16. The van der Waals surface area contributed by atoms with Crippen molar-refractivity contribution in [2.75, 3.05) is 7.11 Å². The molecule has 0 aromatic heterocycles. The van der Waals surface area contributed by atoms with Gasteiger partial charge in [-0.3, -0.25) is 0 Å². The third kappa shape index (κ3) is 2.35. The zero-order valence-electron chi connectivity index (χ0n) is 6.55. The third-order valence-electron chi connectivity index (χ3n) is 1.46. The fraction of sp³-hybridized carbons (Fsp3) is 0.111. The second-order valence-corrected chi connectivity index (χ2v) is 3.50. The number of hydrogen-bond acceptors (Lipinski definition) is 1. The molecule has 0 aliphatic carbocycles. The predicted octanol–water partition coefficient (Wildman–Crippen LogP) is 3.78. The van der Waals surface area contributed by atoms with Crippen molar-refractivity contribution >= 4 is 36.3 Å². The Morgan fingerprint density at radius 2 is 1.92 bits per heavy atom. The van der Waals surface area contributed by atoms with Gasteiger partial charge in [0.05, 0.1) is 7.11 Å². The minimum Gasteiger partial charge on any atom is -0.497 e. The van der Waals surface area contributed by atoms with E-state index < -0.39 is 0 Å². The zero-order chi connectivity index (χ0) is 8.97. The standard InChI is InChI=1S/C9H8Br2O/c1-12-8-4-2-7(3-5-8)9(11)6-10/h2-6H,1H3. The molecule has 1 aromatic rings. The fourth-order valence-corrected chi connectivity index (χ4v) is 1.34. The molecule has 1 aromatic carbocycles. The Bertz CT molecular complexity index is 277. The molecular weight excluding hydrogens is 284 g/mol. The Morgan fingerprint density at radius 3 is 2.33 bits per heavy atom. The van der Waals surface area contributed by atoms with E-state index in [4.69, 9.17) is 4.74 Å². The maximum atomic E-state index is 5.04. The lowest BCUT2D eigenvalue weighted by atomic mass is 10.2. The van der Waals surface area contributed by atoms with Crippen molar-refractivity contribution in [2.45, 2.75) is 0 Å². The zero-order valence-corrected chi connectivity index (χ0v) is 9.72. The van der Waals surface area contributed by atoms with Gasteiger partial charge in [-0.2, -0.15) is 0 Å². The molecule has 0 saturated carbocycles. The van der Waals surface area contributed by atoms with Crippen molar-refractivity contribution in [2.24, 2.45) is 0 Å². The van der Waals surface area contributed by atoms with Crippen LogP contribution in [0.1, 0.15) is 5.56 Å². The first-order chi connectivity index (χ1) is 5.77. The first-order valence-corrected chi connectivity index (χ1v) is 5.09. The average molecular weight is 292 g/mol. The number of ether oxygens (including phenoxy) is 1. The van der Waals surface area contributed by atoms with Gasteiger partial charge in [-0.25, -0.2) is 0 Å². The van der Waals surface area contributed by atoms with Crippen molar-refractivity contribution < 1.29 is 4.74 Å². The van der Waals surface area contributed by atoms with Crippen LogP contribution in [0.15, 0.2) is 29.3 Å². The SMILES string of the molecule is COc1ccc(C(Br)=CBr)cc1. The van der Waals surface area contributed by atoms with E-state index in [0.29, 0.717) is 0 Å². The Kier molecular flexibility index (Phi) is 3.82. The molecule has 0 heterocycles. The van der Waals surface area contributed by atoms with Gasteiger partial charge in [0, 0.05) is 4.48 Å². The summed E-state index contributed by atoms with van der Waals surface area (Å²) in [5.74, 6) is 0.869. The maximum absolute atomic E-state index is 5.04. The van der Waals surface area contributed by atoms with Crippen LogP contribution in [0.25, 0.3) is 4.48 Å². The molecule has 0 bridgehead atoms. The first kappa shape index (κ1) is 9.81. The molecule has 0 unspecified atom stereocenters. The quantitative estimate of drug-likeness (QED) is 0.806. The summed E-state index contributed by atoms with van der Waals surface area (Å²) in [5, 5.41) is 0. The van der Waals surface area contributed by atoms with E-state index in [2.05, 4.69) is 31.9 Å². The van der Waals surface area contributed by atoms with Crippen LogP contribution in [0.5, 0.6) is 5.75 Å². The van der Waals surface area contributed by atoms with Crippen LogP contribution in [-0.2, 0) is 0 Å². The van der Waals surface area contributed by atoms with E-state index in [-0.39, 0.29) is 0 Å². The van der Waals surface area contributed by atoms with Crippen molar-refractivity contribution in [3.63, 3.8) is 0 Å². The molecule has 3 heteroatoms. The molecule has 64 valence electrons. The second kappa shape index (κ2) is 4.67. The van der Waals surface area contributed by atoms with Crippen LogP contribution in [0.4, 0.5) is 0 Å². The summed E-state index contributed by atoms with van der Waals surface area (Å²) in [4.78, 5) is 1.83. The van der Waals surface area contributed by atoms with Crippen LogP contribution in [-0.4, -0.2) is 7.11 Å². The van der Waals surface area contributed by atoms with Crippen molar-refractivity contribution in [3.05, 3.63) is 34.8 Å². The highest BCUT2D eigenvalue weighted by Crippen LogP contribution is 2.24. The summed E-state index contributed by atoms with van der Waals surface area (Å²) < 4.78 is 6.05. The molecular formula is C9H8Br2O. The summed E-state index contributed by atoms with van der Waals surface area (Å²) in [7, 11) is 1.66. The Hall–Kier alpha value is -0.280. The summed E-state index contributed by atoms with van der Waals surface area (Å²) in [6.45, 7) is 0. The lowest BCUT2D eigenvalue weighted by molar-refractivity contribution is 0.415.